The van der Waals surface area contributed by atoms with Crippen LogP contribution in [0.25, 0.3) is 0 Å². The van der Waals surface area contributed by atoms with Gasteiger partial charge in [-0.05, 0) is 37.5 Å². The van der Waals surface area contributed by atoms with Crippen LogP contribution in [0.2, 0.25) is 0 Å². The van der Waals surface area contributed by atoms with Gasteiger partial charge < -0.3 is 10.6 Å². The second-order valence-corrected chi connectivity index (χ2v) is 6.18. The quantitative estimate of drug-likeness (QED) is 0.560. The molecule has 0 aromatic rings. The van der Waals surface area contributed by atoms with Crippen molar-refractivity contribution in [3.8, 4) is 0 Å². The molecular formula is C14H25N3. The highest BCUT2D eigenvalue weighted by Crippen LogP contribution is 2.59. The molecule has 0 bridgehead atoms. The van der Waals surface area contributed by atoms with Crippen LogP contribution in [0.15, 0.2) is 4.99 Å². The third-order valence-electron chi connectivity index (χ3n) is 4.96. The predicted octanol–water partition coefficient (Wildman–Crippen LogP) is 2.51. The number of aliphatic imine (C=N–C) groups is 1. The lowest BCUT2D eigenvalue weighted by molar-refractivity contribution is 0.425. The van der Waals surface area contributed by atoms with Crippen LogP contribution in [0.4, 0.5) is 0 Å². The fourth-order valence-corrected chi connectivity index (χ4v) is 3.67. The zero-order valence-electron chi connectivity index (χ0n) is 10.8. The molecule has 2 saturated carbocycles. The fraction of sp³-hybridized carbons (Fsp3) is 0.929. The van der Waals surface area contributed by atoms with E-state index in [0.717, 1.165) is 19.0 Å². The number of nitrogens with two attached hydrogens (primary N) is 1. The van der Waals surface area contributed by atoms with E-state index in [1.54, 1.807) is 0 Å². The Hall–Kier alpha value is -0.730. The van der Waals surface area contributed by atoms with Gasteiger partial charge in [0.05, 0.1) is 6.04 Å². The Kier molecular flexibility index (Phi) is 3.01. The Morgan fingerprint density at radius 3 is 2.29 bits per heavy atom. The minimum atomic E-state index is 0.563. The SMILES string of the molecule is NC(=NC1CC12CCCC2)N1CCCCCC1. The van der Waals surface area contributed by atoms with Crippen molar-refractivity contribution in [3.05, 3.63) is 0 Å². The molecule has 17 heavy (non-hydrogen) atoms. The lowest BCUT2D eigenvalue weighted by Crippen LogP contribution is -2.38. The molecule has 3 rings (SSSR count). The van der Waals surface area contributed by atoms with Gasteiger partial charge in [0.15, 0.2) is 5.96 Å². The molecule has 1 unspecified atom stereocenters. The van der Waals surface area contributed by atoms with Gasteiger partial charge in [-0.1, -0.05) is 25.7 Å². The molecule has 1 saturated heterocycles. The van der Waals surface area contributed by atoms with Gasteiger partial charge in [0.25, 0.3) is 0 Å². The Morgan fingerprint density at radius 1 is 1.00 bits per heavy atom. The van der Waals surface area contributed by atoms with Gasteiger partial charge in [-0.3, -0.25) is 0 Å². The molecule has 2 N–H and O–H groups in total. The maximum absolute atomic E-state index is 6.19. The van der Waals surface area contributed by atoms with E-state index in [1.807, 2.05) is 0 Å². The molecule has 3 heteroatoms. The van der Waals surface area contributed by atoms with E-state index in [4.69, 9.17) is 10.7 Å². The molecular weight excluding hydrogens is 210 g/mol. The standard InChI is InChI=1S/C14H25N3/c15-13(17-9-5-1-2-6-10-17)16-12-11-14(12)7-3-4-8-14/h12H,1-11H2,(H2,15,16). The largest absolute Gasteiger partial charge is 0.370 e. The summed E-state index contributed by atoms with van der Waals surface area (Å²) >= 11 is 0. The zero-order valence-corrected chi connectivity index (χ0v) is 10.8. The van der Waals surface area contributed by atoms with Crippen molar-refractivity contribution in [1.82, 2.24) is 4.90 Å². The molecule has 0 aromatic heterocycles. The molecule has 0 aromatic carbocycles. The first-order valence-electron chi connectivity index (χ1n) is 7.38. The van der Waals surface area contributed by atoms with E-state index < -0.39 is 0 Å². The van der Waals surface area contributed by atoms with Crippen LogP contribution in [-0.2, 0) is 0 Å². The molecule has 1 spiro atoms. The second-order valence-electron chi connectivity index (χ2n) is 6.18. The molecule has 1 heterocycles. The number of likely N-dealkylation sites (tertiary alicyclic amines) is 1. The molecule has 3 aliphatic rings. The van der Waals surface area contributed by atoms with Crippen LogP contribution >= 0.6 is 0 Å². The average Bonchev–Trinajstić information content (AvgIpc) is 2.88. The zero-order chi connectivity index (χ0) is 11.7. The van der Waals surface area contributed by atoms with Gasteiger partial charge in [-0.2, -0.15) is 0 Å². The Labute approximate surface area is 104 Å². The van der Waals surface area contributed by atoms with Gasteiger partial charge in [0.1, 0.15) is 0 Å². The van der Waals surface area contributed by atoms with Crippen molar-refractivity contribution in [2.45, 2.75) is 63.8 Å². The highest BCUT2D eigenvalue weighted by Gasteiger charge is 2.55. The monoisotopic (exact) mass is 235 g/mol. The second kappa shape index (κ2) is 4.51. The molecule has 1 aliphatic heterocycles. The molecule has 3 nitrogen and oxygen atoms in total. The summed E-state index contributed by atoms with van der Waals surface area (Å²) < 4.78 is 0. The Balaban J connectivity index is 1.59. The maximum atomic E-state index is 6.19. The minimum Gasteiger partial charge on any atom is -0.370 e. The predicted molar refractivity (Wildman–Crippen MR) is 71.0 cm³/mol. The summed E-state index contributed by atoms with van der Waals surface area (Å²) in [6, 6.07) is 0.563. The smallest absolute Gasteiger partial charge is 0.191 e. The first kappa shape index (κ1) is 11.4. The first-order chi connectivity index (χ1) is 8.30. The van der Waals surface area contributed by atoms with E-state index in [1.165, 1.54) is 57.8 Å². The van der Waals surface area contributed by atoms with Crippen LogP contribution in [0.5, 0.6) is 0 Å². The third kappa shape index (κ3) is 2.29. The normalized spacial score (nSPS) is 32.8. The van der Waals surface area contributed by atoms with Crippen LogP contribution in [0.3, 0.4) is 0 Å². The third-order valence-corrected chi connectivity index (χ3v) is 4.96. The van der Waals surface area contributed by atoms with Gasteiger partial charge in [0, 0.05) is 13.1 Å². The minimum absolute atomic E-state index is 0.563. The summed E-state index contributed by atoms with van der Waals surface area (Å²) in [5.41, 5.74) is 6.78. The summed E-state index contributed by atoms with van der Waals surface area (Å²) in [5, 5.41) is 0. The fourth-order valence-electron chi connectivity index (χ4n) is 3.67. The van der Waals surface area contributed by atoms with E-state index in [2.05, 4.69) is 4.90 Å². The molecule has 1 atom stereocenters. The number of hydrogen-bond acceptors (Lipinski definition) is 1. The number of rotatable bonds is 1. The molecule has 96 valence electrons. The van der Waals surface area contributed by atoms with Gasteiger partial charge in [-0.25, -0.2) is 4.99 Å². The van der Waals surface area contributed by atoms with Gasteiger partial charge in [0.2, 0.25) is 0 Å². The average molecular weight is 235 g/mol. The van der Waals surface area contributed by atoms with E-state index in [0.29, 0.717) is 11.5 Å². The van der Waals surface area contributed by atoms with Gasteiger partial charge in [-0.15, -0.1) is 0 Å². The van der Waals surface area contributed by atoms with Gasteiger partial charge >= 0.3 is 0 Å². The summed E-state index contributed by atoms with van der Waals surface area (Å²) in [7, 11) is 0. The number of nitrogens with zero attached hydrogens (tertiary/aromatic N) is 2. The van der Waals surface area contributed by atoms with Crippen molar-refractivity contribution in [3.63, 3.8) is 0 Å². The van der Waals surface area contributed by atoms with Crippen molar-refractivity contribution in [2.75, 3.05) is 13.1 Å². The lowest BCUT2D eigenvalue weighted by atomic mass is 10.1. The summed E-state index contributed by atoms with van der Waals surface area (Å²) in [4.78, 5) is 7.12. The first-order valence-corrected chi connectivity index (χ1v) is 7.38. The number of hydrogen-bond donors (Lipinski definition) is 1. The van der Waals surface area contributed by atoms with Crippen LogP contribution in [0.1, 0.15) is 57.8 Å². The highest BCUT2D eigenvalue weighted by molar-refractivity contribution is 5.78. The van der Waals surface area contributed by atoms with E-state index in [9.17, 15) is 0 Å². The van der Waals surface area contributed by atoms with Crippen LogP contribution < -0.4 is 5.73 Å². The Morgan fingerprint density at radius 2 is 1.65 bits per heavy atom. The topological polar surface area (TPSA) is 41.6 Å². The molecule has 2 aliphatic carbocycles. The molecule has 3 fully saturated rings. The molecule has 0 amide bonds. The van der Waals surface area contributed by atoms with Crippen molar-refractivity contribution >= 4 is 5.96 Å². The van der Waals surface area contributed by atoms with Crippen LogP contribution in [-0.4, -0.2) is 30.0 Å². The molecule has 0 radical (unpaired) electrons. The van der Waals surface area contributed by atoms with Crippen molar-refractivity contribution < 1.29 is 0 Å². The number of guanidine groups is 1. The van der Waals surface area contributed by atoms with E-state index in [-0.39, 0.29) is 0 Å². The summed E-state index contributed by atoms with van der Waals surface area (Å²) in [6.07, 6.45) is 12.2. The van der Waals surface area contributed by atoms with Crippen molar-refractivity contribution in [2.24, 2.45) is 16.1 Å². The summed E-state index contributed by atoms with van der Waals surface area (Å²) in [6.45, 7) is 2.24. The van der Waals surface area contributed by atoms with Crippen LogP contribution in [0, 0.1) is 5.41 Å². The summed E-state index contributed by atoms with van der Waals surface area (Å²) in [5.74, 6) is 0.834. The Bertz CT molecular complexity index is 297. The highest BCUT2D eigenvalue weighted by atomic mass is 15.3. The van der Waals surface area contributed by atoms with E-state index >= 15 is 0 Å². The lowest BCUT2D eigenvalue weighted by Gasteiger charge is -2.21. The maximum Gasteiger partial charge on any atom is 0.191 e. The van der Waals surface area contributed by atoms with Crippen molar-refractivity contribution in [1.29, 1.82) is 0 Å².